The lowest BCUT2D eigenvalue weighted by molar-refractivity contribution is 1.14. The molecule has 0 N–H and O–H groups in total. The summed E-state index contributed by atoms with van der Waals surface area (Å²) in [5, 5.41) is 2.32. The Morgan fingerprint density at radius 2 is 0.851 bits per heavy atom. The molecule has 47 heavy (non-hydrogen) atoms. The van der Waals surface area contributed by atoms with E-state index in [-0.39, 0.29) is 0 Å². The fraction of sp³-hybridized carbons (Fsp3) is 0. The van der Waals surface area contributed by atoms with Gasteiger partial charge in [-0.2, -0.15) is 0 Å². The average molecular weight is 639 g/mol. The van der Waals surface area contributed by atoms with Crippen LogP contribution in [0, 0.1) is 0 Å². The molecule has 0 saturated heterocycles. The van der Waals surface area contributed by atoms with Crippen molar-refractivity contribution < 1.29 is 0 Å². The first kappa shape index (κ1) is 26.8. The van der Waals surface area contributed by atoms with E-state index in [1.807, 2.05) is 35.9 Å². The van der Waals surface area contributed by atoms with Crippen LogP contribution in [0.3, 0.4) is 0 Å². The van der Waals surface area contributed by atoms with E-state index >= 15 is 0 Å². The van der Waals surface area contributed by atoms with Gasteiger partial charge in [0.25, 0.3) is 0 Å². The maximum absolute atomic E-state index is 4.56. The van der Waals surface area contributed by atoms with Crippen molar-refractivity contribution >= 4 is 79.5 Å². The van der Waals surface area contributed by atoms with Gasteiger partial charge in [0.2, 0.25) is 0 Å². The molecule has 0 unspecified atom stereocenters. The number of anilines is 6. The van der Waals surface area contributed by atoms with Gasteiger partial charge in [-0.3, -0.25) is 4.98 Å². The summed E-state index contributed by atoms with van der Waals surface area (Å²) >= 11 is 3.66. The minimum Gasteiger partial charge on any atom is -0.309 e. The molecular formula is C41H26N4S2. The number of hydrogen-bond acceptors (Lipinski definition) is 5. The van der Waals surface area contributed by atoms with Crippen LogP contribution < -0.4 is 9.80 Å². The topological polar surface area (TPSA) is 24.3 Å². The number of nitrogens with zero attached hydrogens (tertiary/aromatic N) is 4. The monoisotopic (exact) mass is 638 g/mol. The number of aromatic nitrogens is 2. The van der Waals surface area contributed by atoms with Crippen LogP contribution in [0.15, 0.2) is 178 Å². The number of pyridine rings is 1. The molecule has 0 spiro atoms. The summed E-state index contributed by atoms with van der Waals surface area (Å²) < 4.78 is 2.36. The molecule has 10 rings (SSSR count). The molecule has 4 nitrogen and oxygen atoms in total. The molecule has 8 aromatic rings. The van der Waals surface area contributed by atoms with E-state index in [4.69, 9.17) is 0 Å². The molecule has 0 atom stereocenters. The van der Waals surface area contributed by atoms with Crippen molar-refractivity contribution in [3.8, 4) is 5.69 Å². The Morgan fingerprint density at radius 3 is 1.40 bits per heavy atom. The third-order valence-electron chi connectivity index (χ3n) is 9.04. The Morgan fingerprint density at radius 1 is 0.404 bits per heavy atom. The summed E-state index contributed by atoms with van der Waals surface area (Å²) in [7, 11) is 0. The summed E-state index contributed by atoms with van der Waals surface area (Å²) in [4.78, 5) is 14.4. The fourth-order valence-electron chi connectivity index (χ4n) is 6.99. The zero-order valence-corrected chi connectivity index (χ0v) is 26.7. The summed E-state index contributed by atoms with van der Waals surface area (Å²) in [6, 6.07) is 52.6. The van der Waals surface area contributed by atoms with Crippen LogP contribution in [0.25, 0.3) is 27.5 Å². The minimum absolute atomic E-state index is 1.12. The largest absolute Gasteiger partial charge is 0.309 e. The number of para-hydroxylation sites is 4. The van der Waals surface area contributed by atoms with Gasteiger partial charge in [-0.05, 0) is 97.1 Å². The highest BCUT2D eigenvalue weighted by Gasteiger charge is 2.26. The van der Waals surface area contributed by atoms with Gasteiger partial charge >= 0.3 is 0 Å². The Balaban J connectivity index is 1.11. The fourth-order valence-corrected chi connectivity index (χ4v) is 9.10. The van der Waals surface area contributed by atoms with E-state index in [0.29, 0.717) is 0 Å². The van der Waals surface area contributed by atoms with Crippen molar-refractivity contribution in [2.45, 2.75) is 19.6 Å². The lowest BCUT2D eigenvalue weighted by atomic mass is 10.1. The first-order chi connectivity index (χ1) is 23.3. The minimum atomic E-state index is 1.12. The van der Waals surface area contributed by atoms with Gasteiger partial charge in [0, 0.05) is 59.8 Å². The van der Waals surface area contributed by atoms with Gasteiger partial charge in [0.05, 0.1) is 33.8 Å². The summed E-state index contributed by atoms with van der Waals surface area (Å²) in [5.74, 6) is 0. The third kappa shape index (κ3) is 4.15. The molecule has 0 saturated carbocycles. The third-order valence-corrected chi connectivity index (χ3v) is 11.3. The van der Waals surface area contributed by atoms with Gasteiger partial charge in [-0.25, -0.2) is 0 Å². The van der Waals surface area contributed by atoms with Crippen molar-refractivity contribution in [2.24, 2.45) is 0 Å². The second kappa shape index (κ2) is 10.6. The van der Waals surface area contributed by atoms with Gasteiger partial charge in [0.1, 0.15) is 0 Å². The lowest BCUT2D eigenvalue weighted by Gasteiger charge is -2.33. The Labute approximate surface area is 280 Å². The van der Waals surface area contributed by atoms with E-state index in [1.165, 1.54) is 47.7 Å². The second-order valence-electron chi connectivity index (χ2n) is 11.7. The molecule has 0 bridgehead atoms. The van der Waals surface area contributed by atoms with Crippen molar-refractivity contribution in [1.29, 1.82) is 0 Å². The van der Waals surface area contributed by atoms with Crippen molar-refractivity contribution in [3.63, 3.8) is 0 Å². The first-order valence-corrected chi connectivity index (χ1v) is 17.3. The molecule has 2 aromatic heterocycles. The maximum Gasteiger partial charge on any atom is 0.0601 e. The Hall–Kier alpha value is -5.43. The number of fused-ring (bicyclic) bond motifs is 7. The van der Waals surface area contributed by atoms with Gasteiger partial charge in [0.15, 0.2) is 0 Å². The van der Waals surface area contributed by atoms with Crippen molar-refractivity contribution in [1.82, 2.24) is 9.55 Å². The standard InChI is InChI=1S/C41H26N4S2/c1-5-13-38-34(9-1)44(35-10-2-6-14-39(35)46-38)28-19-17-27(18-20-28)43-32-22-21-29(25-30(32)31-26-42-24-23-33(31)43)45-36-11-3-7-15-40(36)47-41-16-8-4-12-37(41)45/h1-26H. The van der Waals surface area contributed by atoms with Gasteiger partial charge in [-0.15, -0.1) is 0 Å². The molecule has 6 heteroatoms. The number of hydrogen-bond donors (Lipinski definition) is 0. The van der Waals surface area contributed by atoms with Crippen LogP contribution in [0.5, 0.6) is 0 Å². The highest BCUT2D eigenvalue weighted by atomic mass is 32.2. The molecule has 0 aliphatic carbocycles. The van der Waals surface area contributed by atoms with Gasteiger partial charge < -0.3 is 14.4 Å². The van der Waals surface area contributed by atoms with Crippen LogP contribution in [-0.2, 0) is 0 Å². The summed E-state index contributed by atoms with van der Waals surface area (Å²) in [6.45, 7) is 0. The first-order valence-electron chi connectivity index (χ1n) is 15.6. The highest BCUT2D eigenvalue weighted by molar-refractivity contribution is 8.00. The van der Waals surface area contributed by atoms with E-state index in [1.54, 1.807) is 0 Å². The predicted molar refractivity (Wildman–Crippen MR) is 196 cm³/mol. The Kier molecular flexibility index (Phi) is 6.01. The van der Waals surface area contributed by atoms with Crippen LogP contribution in [0.4, 0.5) is 34.1 Å². The normalized spacial score (nSPS) is 13.3. The van der Waals surface area contributed by atoms with Crippen LogP contribution in [-0.4, -0.2) is 9.55 Å². The van der Waals surface area contributed by atoms with Crippen LogP contribution in [0.2, 0.25) is 0 Å². The molecule has 2 aliphatic heterocycles. The molecule has 0 fully saturated rings. The quantitative estimate of drug-likeness (QED) is 0.192. The van der Waals surface area contributed by atoms with Crippen molar-refractivity contribution in [3.05, 3.63) is 158 Å². The number of benzene rings is 6. The SMILES string of the molecule is c1ccc2c(c1)Sc1ccccc1N2c1ccc(-n2c3ccncc3c3cc(N4c5ccccc5Sc5ccccc54)ccc32)cc1. The van der Waals surface area contributed by atoms with E-state index in [9.17, 15) is 0 Å². The summed E-state index contributed by atoms with van der Waals surface area (Å²) in [6.07, 6.45) is 3.89. The smallest absolute Gasteiger partial charge is 0.0601 e. The predicted octanol–water partition coefficient (Wildman–Crippen LogP) is 12.0. The molecule has 0 radical (unpaired) electrons. The van der Waals surface area contributed by atoms with Gasteiger partial charge in [-0.1, -0.05) is 72.1 Å². The van der Waals surface area contributed by atoms with E-state index in [2.05, 4.69) is 165 Å². The van der Waals surface area contributed by atoms with Crippen molar-refractivity contribution in [2.75, 3.05) is 9.80 Å². The molecular weight excluding hydrogens is 613 g/mol. The lowest BCUT2D eigenvalue weighted by Crippen LogP contribution is -2.14. The second-order valence-corrected chi connectivity index (χ2v) is 13.9. The molecule has 222 valence electrons. The zero-order chi connectivity index (χ0) is 30.9. The zero-order valence-electron chi connectivity index (χ0n) is 25.1. The van der Waals surface area contributed by atoms with Crippen LogP contribution >= 0.6 is 23.5 Å². The highest BCUT2D eigenvalue weighted by Crippen LogP contribution is 2.53. The molecule has 4 heterocycles. The molecule has 2 aliphatic rings. The van der Waals surface area contributed by atoms with Crippen LogP contribution in [0.1, 0.15) is 0 Å². The number of rotatable bonds is 3. The van der Waals surface area contributed by atoms with E-state index in [0.717, 1.165) is 33.5 Å². The summed E-state index contributed by atoms with van der Waals surface area (Å²) in [5.41, 5.74) is 10.5. The van der Waals surface area contributed by atoms with E-state index < -0.39 is 0 Å². The maximum atomic E-state index is 4.56. The molecule has 0 amide bonds. The Bertz CT molecular complexity index is 2410. The average Bonchev–Trinajstić information content (AvgIpc) is 3.46. The molecule has 6 aromatic carbocycles.